The summed E-state index contributed by atoms with van der Waals surface area (Å²) in [6.07, 6.45) is -9.48. The number of benzene rings is 1. The second kappa shape index (κ2) is 9.08. The summed E-state index contributed by atoms with van der Waals surface area (Å²) in [7, 11) is 0. The van der Waals surface area contributed by atoms with Crippen molar-refractivity contribution in [1.29, 1.82) is 0 Å². The number of carbonyl (C=O) groups is 1. The Balaban J connectivity index is 1.80. The maximum absolute atomic E-state index is 13.1. The Kier molecular flexibility index (Phi) is 6.84. The smallest absolute Gasteiger partial charge is 0.416 e. The summed E-state index contributed by atoms with van der Waals surface area (Å²) in [6, 6.07) is 0.388. The number of amides is 1. The minimum atomic E-state index is -5.07. The second-order valence-corrected chi connectivity index (χ2v) is 9.18. The van der Waals surface area contributed by atoms with E-state index in [-0.39, 0.29) is 18.3 Å². The molecular weight excluding hydrogens is 484 g/mol. The van der Waals surface area contributed by atoms with Crippen molar-refractivity contribution in [3.63, 3.8) is 0 Å². The van der Waals surface area contributed by atoms with Crippen molar-refractivity contribution < 1.29 is 35.9 Å². The predicted molar refractivity (Wildman–Crippen MR) is 116 cm³/mol. The zero-order chi connectivity index (χ0) is 26.3. The number of carbonyl (C=O) groups excluding carboxylic acids is 1. The van der Waals surface area contributed by atoms with Crippen molar-refractivity contribution in [2.45, 2.75) is 57.6 Å². The van der Waals surface area contributed by atoms with Crippen LogP contribution in [-0.4, -0.2) is 35.7 Å². The van der Waals surface area contributed by atoms with Crippen LogP contribution < -0.4 is 21.5 Å². The van der Waals surface area contributed by atoms with Gasteiger partial charge in [-0.1, -0.05) is 0 Å². The average Bonchev–Trinajstić information content (AvgIpc) is 3.19. The molecule has 1 atom stereocenters. The molecule has 2 aromatic carbocycles. The zero-order valence-corrected chi connectivity index (χ0v) is 19.0. The molecule has 3 rings (SSSR count). The first kappa shape index (κ1) is 26.4. The maximum atomic E-state index is 13.1. The van der Waals surface area contributed by atoms with E-state index in [1.807, 2.05) is 0 Å². The van der Waals surface area contributed by atoms with Crippen LogP contribution in [0.5, 0.6) is 0 Å². The number of nitrogens with zero attached hydrogens (tertiary/aromatic N) is 1. The lowest BCUT2D eigenvalue weighted by Gasteiger charge is -2.29. The van der Waals surface area contributed by atoms with Gasteiger partial charge in [-0.2, -0.15) is 26.3 Å². The molecule has 1 amide bonds. The van der Waals surface area contributed by atoms with E-state index in [2.05, 4.69) is 10.6 Å². The summed E-state index contributed by atoms with van der Waals surface area (Å²) in [6.45, 7) is 5.53. The fourth-order valence-electron chi connectivity index (χ4n) is 3.68. The molecule has 1 saturated heterocycles. The molecule has 1 aliphatic heterocycles. The van der Waals surface area contributed by atoms with Crippen LogP contribution >= 0.6 is 0 Å². The molecule has 0 radical (unpaired) electrons. The Morgan fingerprint density at radius 2 is 1.51 bits per heavy atom. The minimum Gasteiger partial charge on any atom is -0.444 e. The van der Waals surface area contributed by atoms with E-state index in [0.717, 1.165) is 0 Å². The molecule has 192 valence electrons. The molecule has 0 aromatic heterocycles. The van der Waals surface area contributed by atoms with Crippen molar-refractivity contribution in [3.05, 3.63) is 49.8 Å². The summed E-state index contributed by atoms with van der Waals surface area (Å²) < 4.78 is 83.9. The third-order valence-corrected chi connectivity index (χ3v) is 5.29. The van der Waals surface area contributed by atoms with Crippen molar-refractivity contribution in [3.8, 4) is 0 Å². The molecule has 0 bridgehead atoms. The van der Waals surface area contributed by atoms with Gasteiger partial charge in [-0.3, -0.25) is 9.59 Å². The lowest BCUT2D eigenvalue weighted by atomic mass is 10.1. The largest absolute Gasteiger partial charge is 0.444 e. The van der Waals surface area contributed by atoms with Gasteiger partial charge >= 0.3 is 18.4 Å². The molecule has 2 aromatic rings. The molecule has 35 heavy (non-hydrogen) atoms. The topological polar surface area (TPSA) is 87.7 Å². The van der Waals surface area contributed by atoms with Crippen LogP contribution in [0.1, 0.15) is 44.7 Å². The molecule has 1 fully saturated rings. The van der Waals surface area contributed by atoms with E-state index in [1.165, 1.54) is 4.90 Å². The number of alkyl halides is 6. The Morgan fingerprint density at radius 1 is 0.971 bits per heavy atom. The number of hydrogen-bond donors (Lipinski definition) is 2. The number of ether oxygens (including phenoxy) is 1. The fourth-order valence-corrected chi connectivity index (χ4v) is 3.68. The highest BCUT2D eigenvalue weighted by Crippen LogP contribution is 2.38. The standard InChI is InChI=1S/C22H23F6N3O4/c1-20(2,3)35-19(34)31-6-4-5-14(31)10-29-15-16(18(33)17(15)32)30-13-8-11(21(23,24)25)7-12(9-13)22(26,27)28/h7-9,14,29-30H,4-6,10H2,1-3H3/t14-/m0/s1. The summed E-state index contributed by atoms with van der Waals surface area (Å²) in [5.74, 6) is 0. The first-order valence-electron chi connectivity index (χ1n) is 10.6. The summed E-state index contributed by atoms with van der Waals surface area (Å²) in [5, 5.41) is 4.92. The van der Waals surface area contributed by atoms with Gasteiger partial charge in [0, 0.05) is 18.8 Å². The van der Waals surface area contributed by atoms with Gasteiger partial charge in [-0.15, -0.1) is 0 Å². The number of rotatable bonds is 5. The number of likely N-dealkylation sites (tertiary alicyclic amines) is 1. The Labute approximate surface area is 195 Å². The Bertz CT molecular complexity index is 1140. The van der Waals surface area contributed by atoms with E-state index < -0.39 is 63.4 Å². The normalized spacial score (nSPS) is 17.1. The zero-order valence-electron chi connectivity index (χ0n) is 19.0. The van der Waals surface area contributed by atoms with Crippen molar-refractivity contribution in [2.75, 3.05) is 23.7 Å². The van der Waals surface area contributed by atoms with Gasteiger partial charge in [0.05, 0.1) is 17.2 Å². The van der Waals surface area contributed by atoms with Crippen molar-refractivity contribution >= 4 is 23.2 Å². The number of anilines is 3. The van der Waals surface area contributed by atoms with Crippen LogP contribution in [0.2, 0.25) is 0 Å². The monoisotopic (exact) mass is 507 g/mol. The highest BCUT2D eigenvalue weighted by molar-refractivity contribution is 5.79. The van der Waals surface area contributed by atoms with Crippen molar-refractivity contribution in [2.24, 2.45) is 0 Å². The van der Waals surface area contributed by atoms with Gasteiger partial charge in [0.25, 0.3) is 10.9 Å². The molecule has 13 heteroatoms. The van der Waals surface area contributed by atoms with E-state index in [0.29, 0.717) is 31.5 Å². The van der Waals surface area contributed by atoms with E-state index >= 15 is 0 Å². The van der Waals surface area contributed by atoms with Gasteiger partial charge in [0.15, 0.2) is 0 Å². The van der Waals surface area contributed by atoms with E-state index in [1.54, 1.807) is 20.8 Å². The first-order chi connectivity index (χ1) is 16.0. The quantitative estimate of drug-likeness (QED) is 0.444. The molecule has 0 aliphatic carbocycles. The fraction of sp³-hybridized carbons (Fsp3) is 0.500. The average molecular weight is 507 g/mol. The maximum Gasteiger partial charge on any atom is 0.416 e. The molecular formula is C22H23F6N3O4. The van der Waals surface area contributed by atoms with Crippen LogP contribution in [-0.2, 0) is 17.1 Å². The van der Waals surface area contributed by atoms with Crippen LogP contribution in [0.3, 0.4) is 0 Å². The summed E-state index contributed by atoms with van der Waals surface area (Å²) >= 11 is 0. The SMILES string of the molecule is CC(C)(C)OC(=O)N1CCC[C@H]1CNc1c(Nc2cc(C(F)(F)F)cc(C(F)(F)F)c2)c(=O)c1=O. The molecule has 1 aliphatic rings. The molecule has 0 unspecified atom stereocenters. The van der Waals surface area contributed by atoms with Crippen LogP contribution in [0.4, 0.5) is 48.2 Å². The summed E-state index contributed by atoms with van der Waals surface area (Å²) in [5.41, 5.74) is -7.32. The Hall–Kier alpha value is -3.25. The number of nitrogens with one attached hydrogen (secondary N) is 2. The third-order valence-electron chi connectivity index (χ3n) is 5.29. The van der Waals surface area contributed by atoms with Crippen LogP contribution in [0.15, 0.2) is 27.8 Å². The van der Waals surface area contributed by atoms with Gasteiger partial charge in [0.1, 0.15) is 17.0 Å². The second-order valence-electron chi connectivity index (χ2n) is 9.18. The van der Waals surface area contributed by atoms with Gasteiger partial charge in [-0.25, -0.2) is 4.79 Å². The number of hydrogen-bond acceptors (Lipinski definition) is 6. The van der Waals surface area contributed by atoms with Gasteiger partial charge < -0.3 is 20.3 Å². The minimum absolute atomic E-state index is 0.0230. The number of halogens is 6. The highest BCUT2D eigenvalue weighted by Gasteiger charge is 2.37. The molecule has 0 saturated carbocycles. The molecule has 0 spiro atoms. The van der Waals surface area contributed by atoms with Gasteiger partial charge in [-0.05, 0) is 51.8 Å². The molecule has 2 N–H and O–H groups in total. The first-order valence-corrected chi connectivity index (χ1v) is 10.6. The highest BCUT2D eigenvalue weighted by atomic mass is 19.4. The van der Waals surface area contributed by atoms with E-state index in [9.17, 15) is 40.7 Å². The van der Waals surface area contributed by atoms with Crippen molar-refractivity contribution in [1.82, 2.24) is 4.90 Å². The van der Waals surface area contributed by atoms with Gasteiger partial charge in [0.2, 0.25) is 0 Å². The van der Waals surface area contributed by atoms with E-state index in [4.69, 9.17) is 4.74 Å². The summed E-state index contributed by atoms with van der Waals surface area (Å²) in [4.78, 5) is 37.9. The lowest BCUT2D eigenvalue weighted by molar-refractivity contribution is -0.143. The molecule has 1 heterocycles. The predicted octanol–water partition coefficient (Wildman–Crippen LogP) is 4.88. The van der Waals surface area contributed by atoms with Crippen LogP contribution in [0.25, 0.3) is 0 Å². The van der Waals surface area contributed by atoms with Crippen LogP contribution in [0, 0.1) is 0 Å². The third kappa shape index (κ3) is 6.06. The lowest BCUT2D eigenvalue weighted by Crippen LogP contribution is -2.44. The Morgan fingerprint density at radius 3 is 2.03 bits per heavy atom. The molecule has 7 nitrogen and oxygen atoms in total.